The number of nitrogens with two attached hydrogens (primary N) is 5. The van der Waals surface area contributed by atoms with Crippen LogP contribution in [0.3, 0.4) is 0 Å². The van der Waals surface area contributed by atoms with Crippen molar-refractivity contribution in [2.75, 3.05) is 19.7 Å². The summed E-state index contributed by atoms with van der Waals surface area (Å²) in [5, 5.41) is 40.1. The van der Waals surface area contributed by atoms with Crippen LogP contribution >= 0.6 is 0 Å². The predicted octanol–water partition coefficient (Wildman–Crippen LogP) is -5.22. The lowest BCUT2D eigenvalue weighted by atomic mass is 10.0. The van der Waals surface area contributed by atoms with Gasteiger partial charge in [-0.05, 0) is 57.4 Å². The lowest BCUT2D eigenvalue weighted by Gasteiger charge is -2.27. The van der Waals surface area contributed by atoms with Crippen molar-refractivity contribution < 1.29 is 53.7 Å². The van der Waals surface area contributed by atoms with Crippen molar-refractivity contribution in [3.05, 3.63) is 0 Å². The van der Waals surface area contributed by atoms with Crippen molar-refractivity contribution in [1.82, 2.24) is 26.6 Å². The van der Waals surface area contributed by atoms with Gasteiger partial charge >= 0.3 is 11.9 Å². The number of aliphatic hydroxyl groups is 1. The van der Waals surface area contributed by atoms with Crippen LogP contribution in [0.1, 0.15) is 71.6 Å². The Labute approximate surface area is 300 Å². The molecule has 0 aromatic rings. The number of carboxylic acid groups (broad SMARTS) is 2. The number of nitrogens with one attached hydrogen (secondary N) is 5. The van der Waals surface area contributed by atoms with Gasteiger partial charge in [0.1, 0.15) is 36.3 Å². The highest BCUT2D eigenvalue weighted by Gasteiger charge is 2.34. The third-order valence-corrected chi connectivity index (χ3v) is 7.34. The first-order chi connectivity index (χ1) is 24.3. The van der Waals surface area contributed by atoms with E-state index < -0.39 is 96.7 Å². The molecular formula is C30H55N11O11. The Bertz CT molecular complexity index is 1260. The molecule has 0 saturated heterocycles. The van der Waals surface area contributed by atoms with E-state index in [1.54, 1.807) is 13.8 Å². The van der Waals surface area contributed by atoms with Gasteiger partial charge in [-0.3, -0.25) is 38.6 Å². The fourth-order valence-electron chi connectivity index (χ4n) is 4.62. The van der Waals surface area contributed by atoms with Gasteiger partial charge in [-0.2, -0.15) is 0 Å². The summed E-state index contributed by atoms with van der Waals surface area (Å²) in [5.41, 5.74) is 26.9. The Hall–Kier alpha value is -5.09. The van der Waals surface area contributed by atoms with E-state index in [0.29, 0.717) is 12.8 Å². The SMILES string of the molecule is CC(C)C[C@H](NC(=O)[C@H](CC(=O)O)NC(=O)[C@H](CCCCN)NC(=O)[C@H](CCCN=C(N)N)NC(=O)[C@@H](N)CO)C(=O)N[C@@H](CCC(N)=O)C(=O)O. The highest BCUT2D eigenvalue weighted by molar-refractivity contribution is 5.97. The van der Waals surface area contributed by atoms with E-state index in [2.05, 4.69) is 31.6 Å². The summed E-state index contributed by atoms with van der Waals surface area (Å²) >= 11 is 0. The van der Waals surface area contributed by atoms with Crippen LogP contribution in [-0.4, -0.2) is 125 Å². The van der Waals surface area contributed by atoms with Gasteiger partial charge < -0.3 is 70.6 Å². The number of unbranched alkanes of at least 4 members (excludes halogenated alkanes) is 1. The molecule has 22 heteroatoms. The first-order valence-corrected chi connectivity index (χ1v) is 16.7. The second kappa shape index (κ2) is 25.0. The summed E-state index contributed by atoms with van der Waals surface area (Å²) in [6.45, 7) is 3.00. The fraction of sp³-hybridized carbons (Fsp3) is 0.700. The quantitative estimate of drug-likeness (QED) is 0.0212. The number of rotatable bonds is 27. The third-order valence-electron chi connectivity index (χ3n) is 7.34. The van der Waals surface area contributed by atoms with E-state index in [1.165, 1.54) is 0 Å². The van der Waals surface area contributed by atoms with Crippen molar-refractivity contribution in [3.63, 3.8) is 0 Å². The van der Waals surface area contributed by atoms with Crippen molar-refractivity contribution in [2.45, 2.75) is 108 Å². The summed E-state index contributed by atoms with van der Waals surface area (Å²) in [6, 6.07) is -8.70. The topological polar surface area (TPSA) is 400 Å². The van der Waals surface area contributed by atoms with Crippen LogP contribution in [-0.2, 0) is 38.4 Å². The molecule has 6 amide bonds. The summed E-state index contributed by atoms with van der Waals surface area (Å²) in [5.74, 6) is -8.95. The maximum absolute atomic E-state index is 13.6. The third kappa shape index (κ3) is 19.9. The van der Waals surface area contributed by atoms with E-state index in [9.17, 15) is 53.7 Å². The zero-order chi connectivity index (χ0) is 40.0. The Kier molecular flexibility index (Phi) is 22.5. The monoisotopic (exact) mass is 745 g/mol. The largest absolute Gasteiger partial charge is 0.481 e. The second-order valence-electron chi connectivity index (χ2n) is 12.4. The number of hydrogen-bond acceptors (Lipinski definition) is 12. The molecule has 296 valence electrons. The Balaban J connectivity index is 6.23. The molecule has 0 unspecified atom stereocenters. The lowest BCUT2D eigenvalue weighted by Crippen LogP contribution is -2.59. The molecule has 22 nitrogen and oxygen atoms in total. The highest BCUT2D eigenvalue weighted by atomic mass is 16.4. The number of carboxylic acids is 2. The molecular weight excluding hydrogens is 690 g/mol. The molecule has 0 fully saturated rings. The molecule has 0 aromatic carbocycles. The Morgan fingerprint density at radius 2 is 1.13 bits per heavy atom. The van der Waals surface area contributed by atoms with Gasteiger partial charge in [0.25, 0.3) is 0 Å². The van der Waals surface area contributed by atoms with Gasteiger partial charge in [0.2, 0.25) is 35.4 Å². The summed E-state index contributed by atoms with van der Waals surface area (Å²) in [6.07, 6.45) is -0.793. The van der Waals surface area contributed by atoms with Crippen LogP contribution in [0.4, 0.5) is 0 Å². The summed E-state index contributed by atoms with van der Waals surface area (Å²) < 4.78 is 0. The van der Waals surface area contributed by atoms with E-state index in [0.717, 1.165) is 0 Å². The zero-order valence-electron chi connectivity index (χ0n) is 29.5. The average molecular weight is 746 g/mol. The molecule has 0 aliphatic heterocycles. The first-order valence-electron chi connectivity index (χ1n) is 16.7. The number of aliphatic imine (C=N–C) groups is 1. The van der Waals surface area contributed by atoms with Gasteiger partial charge in [0.05, 0.1) is 13.0 Å². The van der Waals surface area contributed by atoms with Crippen molar-refractivity contribution in [2.24, 2.45) is 39.6 Å². The Morgan fingerprint density at radius 1 is 0.654 bits per heavy atom. The van der Waals surface area contributed by atoms with E-state index in [4.69, 9.17) is 28.7 Å². The Morgan fingerprint density at radius 3 is 1.62 bits per heavy atom. The van der Waals surface area contributed by atoms with E-state index >= 15 is 0 Å². The van der Waals surface area contributed by atoms with Gasteiger partial charge in [-0.15, -0.1) is 0 Å². The van der Waals surface area contributed by atoms with Gasteiger partial charge in [-0.1, -0.05) is 13.8 Å². The maximum atomic E-state index is 13.6. The minimum atomic E-state index is -1.77. The van der Waals surface area contributed by atoms with E-state index in [-0.39, 0.29) is 63.5 Å². The molecule has 0 aliphatic rings. The first kappa shape index (κ1) is 46.9. The molecule has 52 heavy (non-hydrogen) atoms. The molecule has 0 rings (SSSR count). The molecule has 18 N–H and O–H groups in total. The second-order valence-corrected chi connectivity index (χ2v) is 12.4. The number of carbonyl (C=O) groups excluding carboxylic acids is 6. The van der Waals surface area contributed by atoms with Gasteiger partial charge in [0.15, 0.2) is 5.96 Å². The molecule has 0 aromatic heterocycles. The van der Waals surface area contributed by atoms with Crippen LogP contribution in [0, 0.1) is 5.92 Å². The number of carbonyl (C=O) groups is 8. The fourth-order valence-corrected chi connectivity index (χ4v) is 4.62. The van der Waals surface area contributed by atoms with Crippen molar-refractivity contribution in [3.8, 4) is 0 Å². The minimum Gasteiger partial charge on any atom is -0.481 e. The number of primary amides is 1. The number of aliphatic carboxylic acids is 2. The molecule has 0 bridgehead atoms. The van der Waals surface area contributed by atoms with Crippen LogP contribution in [0.25, 0.3) is 0 Å². The molecule has 0 radical (unpaired) electrons. The molecule has 0 spiro atoms. The van der Waals surface area contributed by atoms with E-state index in [1.807, 2.05) is 0 Å². The molecule has 0 heterocycles. The molecule has 0 aliphatic carbocycles. The number of guanidine groups is 1. The average Bonchev–Trinajstić information content (AvgIpc) is 3.05. The number of nitrogens with zero attached hydrogens (tertiary/aromatic N) is 1. The smallest absolute Gasteiger partial charge is 0.326 e. The van der Waals surface area contributed by atoms with Gasteiger partial charge in [0, 0.05) is 13.0 Å². The molecule has 6 atom stereocenters. The van der Waals surface area contributed by atoms with Crippen molar-refractivity contribution >= 4 is 53.3 Å². The van der Waals surface area contributed by atoms with Crippen LogP contribution in [0.2, 0.25) is 0 Å². The predicted molar refractivity (Wildman–Crippen MR) is 185 cm³/mol. The highest BCUT2D eigenvalue weighted by Crippen LogP contribution is 2.10. The standard InChI is InChI=1S/C30H55N11O11/c1-15(2)12-20(27(49)39-19(29(51)52)8-9-22(33)43)40-28(50)21(13-23(44)45)41-26(48)17(6-3-4-10-31)38-25(47)18(7-5-11-36-30(34)35)37-24(46)16(32)14-42/h15-21,42H,3-14,31-32H2,1-2H3,(H2,33,43)(H,37,46)(H,38,47)(H,39,49)(H,40,50)(H,41,48)(H,44,45)(H,51,52)(H4,34,35,36)/t16-,17-,18-,19-,20-,21-/m0/s1. The number of aliphatic hydroxyl groups excluding tert-OH is 1. The minimum absolute atomic E-state index is 0.0263. The van der Waals surface area contributed by atoms with Crippen LogP contribution in [0.15, 0.2) is 4.99 Å². The van der Waals surface area contributed by atoms with Gasteiger partial charge in [-0.25, -0.2) is 4.79 Å². The van der Waals surface area contributed by atoms with Crippen molar-refractivity contribution in [1.29, 1.82) is 0 Å². The normalized spacial score (nSPS) is 14.3. The number of hydrogen-bond donors (Lipinski definition) is 13. The maximum Gasteiger partial charge on any atom is 0.326 e. The summed E-state index contributed by atoms with van der Waals surface area (Å²) in [4.78, 5) is 104. The lowest BCUT2D eigenvalue weighted by molar-refractivity contribution is -0.143. The summed E-state index contributed by atoms with van der Waals surface area (Å²) in [7, 11) is 0. The van der Waals surface area contributed by atoms with Crippen LogP contribution < -0.4 is 55.3 Å². The molecule has 0 saturated carbocycles. The zero-order valence-corrected chi connectivity index (χ0v) is 29.5. The number of amides is 6. The van der Waals surface area contributed by atoms with Crippen LogP contribution in [0.5, 0.6) is 0 Å².